The molecule has 0 radical (unpaired) electrons. The Morgan fingerprint density at radius 3 is 2.62 bits per heavy atom. The van der Waals surface area contributed by atoms with Crippen LogP contribution in [0.1, 0.15) is 26.7 Å². The van der Waals surface area contributed by atoms with Gasteiger partial charge in [-0.25, -0.2) is 4.39 Å². The normalized spacial score (nSPS) is 10.2. The maximum Gasteiger partial charge on any atom is 0.170 e. The Balaban J connectivity index is 2.51. The minimum Gasteiger partial charge on any atom is -0.360 e. The van der Waals surface area contributed by atoms with Crippen LogP contribution in [0.3, 0.4) is 0 Å². The van der Waals surface area contributed by atoms with Crippen LogP contribution in [0.5, 0.6) is 0 Å². The van der Waals surface area contributed by atoms with Gasteiger partial charge in [-0.3, -0.25) is 0 Å². The fourth-order valence-corrected chi connectivity index (χ4v) is 1.70. The average molecular weight is 240 g/mol. The number of nitrogens with one attached hydrogen (secondary N) is 2. The van der Waals surface area contributed by atoms with Crippen LogP contribution in [-0.2, 0) is 0 Å². The van der Waals surface area contributed by atoms with Crippen molar-refractivity contribution in [3.8, 4) is 0 Å². The monoisotopic (exact) mass is 240 g/mol. The van der Waals surface area contributed by atoms with Crippen LogP contribution in [0, 0.1) is 5.82 Å². The number of thiocarbonyl (C=S) groups is 1. The van der Waals surface area contributed by atoms with Gasteiger partial charge in [-0.15, -0.1) is 0 Å². The zero-order chi connectivity index (χ0) is 12.0. The van der Waals surface area contributed by atoms with Crippen LogP contribution in [0.4, 0.5) is 10.1 Å². The Bertz CT molecular complexity index is 351. The molecule has 0 heterocycles. The maximum atomic E-state index is 12.9. The van der Waals surface area contributed by atoms with Crippen LogP contribution in [0.15, 0.2) is 24.3 Å². The lowest BCUT2D eigenvalue weighted by atomic mass is 10.2. The smallest absolute Gasteiger partial charge is 0.170 e. The van der Waals surface area contributed by atoms with Gasteiger partial charge in [-0.05, 0) is 43.3 Å². The van der Waals surface area contributed by atoms with Gasteiger partial charge < -0.3 is 10.6 Å². The number of anilines is 1. The lowest BCUT2D eigenvalue weighted by Gasteiger charge is -2.17. The lowest BCUT2D eigenvalue weighted by molar-refractivity contribution is 0.573. The molecule has 0 fully saturated rings. The van der Waals surface area contributed by atoms with E-state index in [1.54, 1.807) is 12.1 Å². The molecule has 0 bridgehead atoms. The second kappa shape index (κ2) is 6.43. The largest absolute Gasteiger partial charge is 0.360 e. The predicted octanol–water partition coefficient (Wildman–Crippen LogP) is 3.30. The number of rotatable bonds is 4. The SMILES string of the molecule is CCC(CC)NC(=S)Nc1cccc(F)c1. The van der Waals surface area contributed by atoms with Crippen molar-refractivity contribution in [2.75, 3.05) is 5.32 Å². The van der Waals surface area contributed by atoms with E-state index in [2.05, 4.69) is 24.5 Å². The highest BCUT2D eigenvalue weighted by atomic mass is 32.1. The van der Waals surface area contributed by atoms with Gasteiger partial charge in [0.15, 0.2) is 5.11 Å². The average Bonchev–Trinajstić information content (AvgIpc) is 2.26. The Labute approximate surface area is 101 Å². The molecular weight excluding hydrogens is 223 g/mol. The molecule has 0 aromatic heterocycles. The first-order chi connectivity index (χ1) is 7.65. The van der Waals surface area contributed by atoms with Crippen LogP contribution in [0.2, 0.25) is 0 Å². The van der Waals surface area contributed by atoms with Crippen LogP contribution in [0.25, 0.3) is 0 Å². The van der Waals surface area contributed by atoms with Crippen molar-refractivity contribution >= 4 is 23.0 Å². The topological polar surface area (TPSA) is 24.1 Å². The second-order valence-electron chi connectivity index (χ2n) is 3.62. The van der Waals surface area contributed by atoms with E-state index < -0.39 is 0 Å². The molecule has 0 aliphatic carbocycles. The van der Waals surface area contributed by atoms with E-state index in [0.717, 1.165) is 12.8 Å². The molecule has 0 saturated carbocycles. The molecule has 16 heavy (non-hydrogen) atoms. The third-order valence-electron chi connectivity index (χ3n) is 2.40. The highest BCUT2D eigenvalue weighted by molar-refractivity contribution is 7.80. The number of hydrogen-bond donors (Lipinski definition) is 2. The quantitative estimate of drug-likeness (QED) is 0.790. The summed E-state index contributed by atoms with van der Waals surface area (Å²) < 4.78 is 12.9. The molecule has 0 atom stereocenters. The van der Waals surface area contributed by atoms with Gasteiger partial charge in [0, 0.05) is 11.7 Å². The van der Waals surface area contributed by atoms with E-state index in [1.807, 2.05) is 0 Å². The van der Waals surface area contributed by atoms with Crippen molar-refractivity contribution in [1.82, 2.24) is 5.32 Å². The van der Waals surface area contributed by atoms with Crippen molar-refractivity contribution in [2.45, 2.75) is 32.7 Å². The minimum absolute atomic E-state index is 0.268. The summed E-state index contributed by atoms with van der Waals surface area (Å²) in [6.45, 7) is 4.21. The number of halogens is 1. The van der Waals surface area contributed by atoms with Gasteiger partial charge in [-0.2, -0.15) is 0 Å². The molecular formula is C12H17FN2S. The summed E-state index contributed by atoms with van der Waals surface area (Å²) in [6.07, 6.45) is 2.03. The van der Waals surface area contributed by atoms with Gasteiger partial charge >= 0.3 is 0 Å². The Morgan fingerprint density at radius 2 is 2.06 bits per heavy atom. The highest BCUT2D eigenvalue weighted by Crippen LogP contribution is 2.09. The van der Waals surface area contributed by atoms with Gasteiger partial charge in [0.25, 0.3) is 0 Å². The first kappa shape index (κ1) is 12.9. The molecule has 0 aliphatic rings. The zero-order valence-corrected chi connectivity index (χ0v) is 10.4. The summed E-state index contributed by atoms with van der Waals surface area (Å²) in [6, 6.07) is 6.62. The van der Waals surface area contributed by atoms with Crippen molar-refractivity contribution in [3.63, 3.8) is 0 Å². The molecule has 0 aliphatic heterocycles. The van der Waals surface area contributed by atoms with Crippen molar-refractivity contribution in [1.29, 1.82) is 0 Å². The maximum absolute atomic E-state index is 12.9. The third kappa shape index (κ3) is 4.14. The second-order valence-corrected chi connectivity index (χ2v) is 4.03. The van der Waals surface area contributed by atoms with Crippen molar-refractivity contribution in [3.05, 3.63) is 30.1 Å². The summed E-state index contributed by atoms with van der Waals surface area (Å²) in [4.78, 5) is 0. The Kier molecular flexibility index (Phi) is 5.19. The van der Waals surface area contributed by atoms with Crippen LogP contribution in [-0.4, -0.2) is 11.2 Å². The molecule has 88 valence electrons. The summed E-state index contributed by atoms with van der Waals surface area (Å²) in [5, 5.41) is 6.69. The van der Waals surface area contributed by atoms with E-state index in [-0.39, 0.29) is 5.82 Å². The Hall–Kier alpha value is -1.16. The molecule has 4 heteroatoms. The van der Waals surface area contributed by atoms with Gasteiger partial charge in [0.1, 0.15) is 5.82 Å². The molecule has 0 saturated heterocycles. The highest BCUT2D eigenvalue weighted by Gasteiger charge is 2.05. The number of hydrogen-bond acceptors (Lipinski definition) is 1. The molecule has 2 N–H and O–H groups in total. The lowest BCUT2D eigenvalue weighted by Crippen LogP contribution is -2.36. The standard InChI is InChI=1S/C12H17FN2S/c1-3-10(4-2)14-12(16)15-11-7-5-6-9(13)8-11/h5-8,10H,3-4H2,1-2H3,(H2,14,15,16). The summed E-state index contributed by atoms with van der Waals surface area (Å²) in [7, 11) is 0. The first-order valence-corrected chi connectivity index (χ1v) is 5.89. The van der Waals surface area contributed by atoms with E-state index in [0.29, 0.717) is 16.8 Å². The van der Waals surface area contributed by atoms with Crippen molar-refractivity contribution in [2.24, 2.45) is 0 Å². The summed E-state index contributed by atoms with van der Waals surface area (Å²) >= 11 is 5.14. The first-order valence-electron chi connectivity index (χ1n) is 5.48. The fraction of sp³-hybridized carbons (Fsp3) is 0.417. The van der Waals surface area contributed by atoms with Crippen molar-refractivity contribution < 1.29 is 4.39 Å². The van der Waals surface area contributed by atoms with Gasteiger partial charge in [-0.1, -0.05) is 19.9 Å². The molecule has 1 aromatic carbocycles. The zero-order valence-electron chi connectivity index (χ0n) is 9.59. The predicted molar refractivity (Wildman–Crippen MR) is 70.1 cm³/mol. The van der Waals surface area contributed by atoms with E-state index in [4.69, 9.17) is 12.2 Å². The third-order valence-corrected chi connectivity index (χ3v) is 2.62. The van der Waals surface area contributed by atoms with E-state index in [1.165, 1.54) is 12.1 Å². The van der Waals surface area contributed by atoms with Gasteiger partial charge in [0.2, 0.25) is 0 Å². The summed E-state index contributed by atoms with van der Waals surface area (Å²) in [5.41, 5.74) is 0.670. The summed E-state index contributed by atoms with van der Waals surface area (Å²) in [5.74, 6) is -0.268. The molecule has 1 aromatic rings. The molecule has 0 amide bonds. The number of benzene rings is 1. The molecule has 0 unspecified atom stereocenters. The molecule has 1 rings (SSSR count). The van der Waals surface area contributed by atoms with Gasteiger partial charge in [0.05, 0.1) is 0 Å². The van der Waals surface area contributed by atoms with E-state index in [9.17, 15) is 4.39 Å². The van der Waals surface area contributed by atoms with Crippen LogP contribution >= 0.6 is 12.2 Å². The minimum atomic E-state index is -0.268. The molecule has 0 spiro atoms. The Morgan fingerprint density at radius 1 is 1.38 bits per heavy atom. The fourth-order valence-electron chi connectivity index (χ4n) is 1.41. The van der Waals surface area contributed by atoms with Crippen LogP contribution < -0.4 is 10.6 Å². The molecule has 2 nitrogen and oxygen atoms in total. The van der Waals surface area contributed by atoms with E-state index >= 15 is 0 Å².